The first-order valence-corrected chi connectivity index (χ1v) is 11.6. The van der Waals surface area contributed by atoms with Crippen LogP contribution in [0.1, 0.15) is 27.7 Å². The smallest absolute Gasteiger partial charge is 0.253 e. The number of carbonyl (C=O) groups is 2. The summed E-state index contributed by atoms with van der Waals surface area (Å²) >= 11 is 1.62. The molecule has 2 heterocycles. The molecule has 7 nitrogen and oxygen atoms in total. The molecular weight excluding hydrogens is 446 g/mol. The van der Waals surface area contributed by atoms with E-state index in [9.17, 15) is 9.59 Å². The first-order valence-electron chi connectivity index (χ1n) is 10.7. The Balaban J connectivity index is 0.000000481. The van der Waals surface area contributed by atoms with E-state index in [1.807, 2.05) is 53.4 Å². The molecule has 1 aliphatic heterocycles. The third-order valence-electron chi connectivity index (χ3n) is 5.89. The number of hydrogen-bond acceptors (Lipinski definition) is 6. The monoisotopic (exact) mass is 473 g/mol. The quantitative estimate of drug-likeness (QED) is 0.332. The minimum atomic E-state index is -0.569. The molecule has 2 amide bonds. The summed E-state index contributed by atoms with van der Waals surface area (Å²) in [6.45, 7) is 3.25. The van der Waals surface area contributed by atoms with Gasteiger partial charge in [0.15, 0.2) is 0 Å². The molecule has 2 atom stereocenters. The highest BCUT2D eigenvalue weighted by atomic mass is 32.1. The van der Waals surface area contributed by atoms with Crippen LogP contribution in [0.3, 0.4) is 0 Å². The van der Waals surface area contributed by atoms with Gasteiger partial charge in [-0.15, -0.1) is 11.3 Å². The van der Waals surface area contributed by atoms with Crippen LogP contribution in [0, 0.1) is 22.7 Å². The number of hydrogen-bond donors (Lipinski definition) is 2. The molecule has 3 N–H and O–H groups in total. The molecule has 174 valence electrons. The second-order valence-corrected chi connectivity index (χ2v) is 9.20. The van der Waals surface area contributed by atoms with Crippen LogP contribution < -0.4 is 5.73 Å². The van der Waals surface area contributed by atoms with E-state index >= 15 is 0 Å². The Morgan fingerprint density at radius 3 is 2.59 bits per heavy atom. The van der Waals surface area contributed by atoms with Crippen LogP contribution in [0.15, 0.2) is 66.0 Å². The average Bonchev–Trinajstić information content (AvgIpc) is 3.50. The number of rotatable bonds is 5. The minimum Gasteiger partial charge on any atom is -0.336 e. The Hall–Kier alpha value is -3.80. The molecule has 0 bridgehead atoms. The Kier molecular flexibility index (Phi) is 7.95. The molecule has 1 aromatic heterocycles. The fourth-order valence-corrected chi connectivity index (χ4v) is 4.94. The molecule has 1 aliphatic rings. The normalized spacial score (nSPS) is 18.9. The number of nitrogens with two attached hydrogens (primary N) is 1. The molecule has 0 spiro atoms. The maximum Gasteiger partial charge on any atom is 0.253 e. The molecule has 0 aliphatic carbocycles. The fraction of sp³-hybridized carbons (Fsp3) is 0.231. The topological polar surface area (TPSA) is 114 Å². The van der Waals surface area contributed by atoms with Crippen molar-refractivity contribution >= 4 is 30.0 Å². The fourth-order valence-electron chi connectivity index (χ4n) is 3.80. The first kappa shape index (κ1) is 24.8. The van der Waals surface area contributed by atoms with Crippen LogP contribution in [0.4, 0.5) is 0 Å². The Morgan fingerprint density at radius 2 is 1.97 bits per heavy atom. The van der Waals surface area contributed by atoms with Crippen molar-refractivity contribution < 1.29 is 9.59 Å². The summed E-state index contributed by atoms with van der Waals surface area (Å²) in [5, 5.41) is 17.6. The molecule has 3 aromatic rings. The van der Waals surface area contributed by atoms with Crippen LogP contribution in [0.5, 0.6) is 0 Å². The van der Waals surface area contributed by atoms with Crippen molar-refractivity contribution in [3.05, 3.63) is 82.0 Å². The van der Waals surface area contributed by atoms with E-state index in [-0.39, 0.29) is 11.8 Å². The van der Waals surface area contributed by atoms with E-state index < -0.39 is 5.54 Å². The molecule has 1 fully saturated rings. The molecule has 8 heteroatoms. The van der Waals surface area contributed by atoms with Crippen molar-refractivity contribution in [3.8, 4) is 17.2 Å². The Morgan fingerprint density at radius 1 is 1.24 bits per heavy atom. The van der Waals surface area contributed by atoms with Gasteiger partial charge in [-0.2, -0.15) is 5.26 Å². The lowest BCUT2D eigenvalue weighted by Gasteiger charge is -2.27. The molecule has 0 radical (unpaired) electrons. The lowest BCUT2D eigenvalue weighted by atomic mass is 9.87. The van der Waals surface area contributed by atoms with Crippen molar-refractivity contribution in [2.45, 2.75) is 12.5 Å². The van der Waals surface area contributed by atoms with Gasteiger partial charge in [0.25, 0.3) is 5.91 Å². The van der Waals surface area contributed by atoms with Gasteiger partial charge in [-0.25, -0.2) is 0 Å². The average molecular weight is 474 g/mol. The van der Waals surface area contributed by atoms with Gasteiger partial charge in [-0.1, -0.05) is 37.3 Å². The molecular formula is C26H27N5O2S. The van der Waals surface area contributed by atoms with Crippen LogP contribution in [-0.2, 0) is 10.3 Å². The minimum absolute atomic E-state index is 0.0262. The number of carbonyl (C=O) groups excluding carboxylic acids is 2. The van der Waals surface area contributed by atoms with E-state index in [1.165, 1.54) is 7.05 Å². The van der Waals surface area contributed by atoms with Crippen molar-refractivity contribution in [2.24, 2.45) is 11.7 Å². The molecule has 2 aromatic carbocycles. The predicted octanol–water partition coefficient (Wildman–Crippen LogP) is 3.91. The summed E-state index contributed by atoms with van der Waals surface area (Å²) < 4.78 is 0. The van der Waals surface area contributed by atoms with E-state index in [4.69, 9.17) is 16.4 Å². The summed E-state index contributed by atoms with van der Waals surface area (Å²) in [5.74, 6) is 0.176. The Bertz CT molecular complexity index is 1200. The maximum absolute atomic E-state index is 12.9. The first-order chi connectivity index (χ1) is 16.3. The Labute approximate surface area is 203 Å². The van der Waals surface area contributed by atoms with Crippen LogP contribution in [0.2, 0.25) is 0 Å². The lowest BCUT2D eigenvalue weighted by Crippen LogP contribution is -2.43. The SMILES string of the molecule is CC1CN(C(=O)c2ccccc2)CC1(N)c1cc(-c2cccc(C#N)c2)cs1.CN(C=N)C=O. The predicted molar refractivity (Wildman–Crippen MR) is 134 cm³/mol. The highest BCUT2D eigenvalue weighted by Crippen LogP contribution is 2.40. The van der Waals surface area contributed by atoms with Gasteiger partial charge in [-0.3, -0.25) is 15.0 Å². The summed E-state index contributed by atoms with van der Waals surface area (Å²) in [5.41, 5.74) is 9.67. The van der Waals surface area contributed by atoms with Crippen LogP contribution in [0.25, 0.3) is 11.1 Å². The molecule has 34 heavy (non-hydrogen) atoms. The lowest BCUT2D eigenvalue weighted by molar-refractivity contribution is -0.113. The molecule has 4 rings (SSSR count). The summed E-state index contributed by atoms with van der Waals surface area (Å²) in [7, 11) is 1.50. The standard InChI is InChI=1S/C23H21N3OS.C3H6N2O/c1-16-13-26(22(27)18-7-3-2-4-8-18)15-23(16,25)21-11-20(14-28-21)19-9-5-6-17(10-19)12-24;1-5(2-4)3-6/h2-11,14,16H,13,15,25H2,1H3;2-4H,1H3. The highest BCUT2D eigenvalue weighted by molar-refractivity contribution is 7.10. The summed E-state index contributed by atoms with van der Waals surface area (Å²) in [6.07, 6.45) is 1.50. The van der Waals surface area contributed by atoms with E-state index in [0.29, 0.717) is 30.6 Å². The summed E-state index contributed by atoms with van der Waals surface area (Å²) in [6, 6.07) is 21.2. The molecule has 0 saturated carbocycles. The van der Waals surface area contributed by atoms with E-state index in [2.05, 4.69) is 24.4 Å². The number of thiophene rings is 1. The van der Waals surface area contributed by atoms with Gasteiger partial charge in [0, 0.05) is 30.6 Å². The third-order valence-corrected chi connectivity index (χ3v) is 7.01. The second-order valence-electron chi connectivity index (χ2n) is 8.29. The zero-order chi connectivity index (χ0) is 24.7. The van der Waals surface area contributed by atoms with Gasteiger partial charge in [0.2, 0.25) is 6.41 Å². The van der Waals surface area contributed by atoms with Crippen molar-refractivity contribution in [2.75, 3.05) is 20.1 Å². The van der Waals surface area contributed by atoms with Crippen molar-refractivity contribution in [1.29, 1.82) is 10.7 Å². The van der Waals surface area contributed by atoms with Crippen molar-refractivity contribution in [3.63, 3.8) is 0 Å². The summed E-state index contributed by atoms with van der Waals surface area (Å²) in [4.78, 5) is 26.4. The van der Waals surface area contributed by atoms with E-state index in [0.717, 1.165) is 27.2 Å². The zero-order valence-electron chi connectivity index (χ0n) is 19.1. The maximum atomic E-state index is 12.9. The number of likely N-dealkylation sites (tertiary alicyclic amines) is 1. The molecule has 1 saturated heterocycles. The number of nitrogens with one attached hydrogen (secondary N) is 1. The number of nitriles is 1. The number of amides is 2. The van der Waals surface area contributed by atoms with Crippen LogP contribution >= 0.6 is 11.3 Å². The van der Waals surface area contributed by atoms with E-state index in [1.54, 1.807) is 17.4 Å². The highest BCUT2D eigenvalue weighted by Gasteiger charge is 2.45. The van der Waals surface area contributed by atoms with Gasteiger partial charge in [0.1, 0.15) is 0 Å². The largest absolute Gasteiger partial charge is 0.336 e. The van der Waals surface area contributed by atoms with Crippen LogP contribution in [-0.4, -0.2) is 48.6 Å². The third kappa shape index (κ3) is 5.39. The van der Waals surface area contributed by atoms with Gasteiger partial charge in [-0.05, 0) is 52.8 Å². The number of nitrogens with zero attached hydrogens (tertiary/aromatic N) is 3. The van der Waals surface area contributed by atoms with Gasteiger partial charge < -0.3 is 15.5 Å². The second kappa shape index (κ2) is 10.9. The number of benzene rings is 2. The molecule has 2 unspecified atom stereocenters. The van der Waals surface area contributed by atoms with Gasteiger partial charge in [0.05, 0.1) is 23.5 Å². The van der Waals surface area contributed by atoms with Gasteiger partial charge >= 0.3 is 0 Å². The zero-order valence-corrected chi connectivity index (χ0v) is 20.0. The van der Waals surface area contributed by atoms with Crippen molar-refractivity contribution in [1.82, 2.24) is 9.80 Å².